The fourth-order valence-corrected chi connectivity index (χ4v) is 2.55. The van der Waals surface area contributed by atoms with Crippen molar-refractivity contribution in [3.63, 3.8) is 0 Å². The third kappa shape index (κ3) is 4.50. The molecule has 0 saturated heterocycles. The van der Waals surface area contributed by atoms with Gasteiger partial charge in [-0.15, -0.1) is 0 Å². The number of carbonyl (C=O) groups is 1. The van der Waals surface area contributed by atoms with Gasteiger partial charge in [0.25, 0.3) is 0 Å². The van der Waals surface area contributed by atoms with E-state index in [1.807, 2.05) is 24.3 Å². The Morgan fingerprint density at radius 3 is 2.44 bits per heavy atom. The number of hydrogen-bond acceptors (Lipinski definition) is 3. The van der Waals surface area contributed by atoms with E-state index in [2.05, 4.69) is 10.3 Å². The third-order valence-corrected chi connectivity index (χ3v) is 3.89. The molecule has 0 fully saturated rings. The molecule has 0 radical (unpaired) electrons. The highest BCUT2D eigenvalue weighted by molar-refractivity contribution is 6.50. The van der Waals surface area contributed by atoms with Gasteiger partial charge in [-0.2, -0.15) is 0 Å². The van der Waals surface area contributed by atoms with Crippen molar-refractivity contribution in [2.24, 2.45) is 0 Å². The number of nitrogens with zero attached hydrogens (tertiary/aromatic N) is 1. The Labute approximate surface area is 155 Å². The predicted octanol–water partition coefficient (Wildman–Crippen LogP) is 5.69. The van der Waals surface area contributed by atoms with Gasteiger partial charge in [0.2, 0.25) is 11.8 Å². The fourth-order valence-electron chi connectivity index (χ4n) is 2.21. The maximum absolute atomic E-state index is 11.0. The van der Waals surface area contributed by atoms with Crippen LogP contribution in [-0.4, -0.2) is 10.9 Å². The van der Waals surface area contributed by atoms with E-state index in [4.69, 9.17) is 27.6 Å². The topological polar surface area (TPSA) is 55.1 Å². The van der Waals surface area contributed by atoms with E-state index >= 15 is 0 Å². The van der Waals surface area contributed by atoms with Crippen molar-refractivity contribution in [1.82, 2.24) is 4.98 Å². The van der Waals surface area contributed by atoms with Gasteiger partial charge in [-0.05, 0) is 48.0 Å². The van der Waals surface area contributed by atoms with Gasteiger partial charge >= 0.3 is 0 Å². The summed E-state index contributed by atoms with van der Waals surface area (Å²) in [6.45, 7) is 1.46. The summed E-state index contributed by atoms with van der Waals surface area (Å²) < 4.78 is 5.71. The van der Waals surface area contributed by atoms with Crippen LogP contribution in [0.5, 0.6) is 0 Å². The van der Waals surface area contributed by atoms with Gasteiger partial charge in [-0.1, -0.05) is 35.3 Å². The molecule has 3 aromatic rings. The number of halogens is 2. The predicted molar refractivity (Wildman–Crippen MR) is 101 cm³/mol. The molecule has 1 heterocycles. The first kappa shape index (κ1) is 17.3. The number of rotatable bonds is 4. The van der Waals surface area contributed by atoms with Crippen LogP contribution in [0.1, 0.15) is 18.4 Å². The van der Waals surface area contributed by atoms with Crippen molar-refractivity contribution < 1.29 is 9.21 Å². The van der Waals surface area contributed by atoms with Gasteiger partial charge < -0.3 is 9.73 Å². The van der Waals surface area contributed by atoms with E-state index in [1.165, 1.54) is 6.92 Å². The van der Waals surface area contributed by atoms with Crippen LogP contribution in [0.4, 0.5) is 5.69 Å². The van der Waals surface area contributed by atoms with Crippen LogP contribution in [0.2, 0.25) is 5.02 Å². The molecular formula is C19H14Cl2N2O2. The van der Waals surface area contributed by atoms with Crippen molar-refractivity contribution in [3.05, 3.63) is 71.2 Å². The largest absolute Gasteiger partial charge is 0.435 e. The molecule has 1 aromatic heterocycles. The smallest absolute Gasteiger partial charge is 0.238 e. The van der Waals surface area contributed by atoms with E-state index < -0.39 is 0 Å². The molecule has 0 aliphatic rings. The average molecular weight is 373 g/mol. The highest BCUT2D eigenvalue weighted by atomic mass is 35.5. The number of anilines is 1. The molecule has 126 valence electrons. The first-order chi connectivity index (χ1) is 12.0. The number of benzene rings is 2. The first-order valence-corrected chi connectivity index (χ1v) is 8.24. The molecule has 25 heavy (non-hydrogen) atoms. The summed E-state index contributed by atoms with van der Waals surface area (Å²) in [5.74, 6) is 0.826. The lowest BCUT2D eigenvalue weighted by atomic mass is 10.2. The van der Waals surface area contributed by atoms with Crippen LogP contribution in [0, 0.1) is 0 Å². The van der Waals surface area contributed by atoms with Crippen molar-refractivity contribution in [2.45, 2.75) is 6.92 Å². The fraction of sp³-hybridized carbons (Fsp3) is 0.0526. The molecule has 2 aromatic carbocycles. The molecule has 4 nitrogen and oxygen atoms in total. The van der Waals surface area contributed by atoms with Gasteiger partial charge in [0.1, 0.15) is 5.03 Å². The molecule has 0 atom stereocenters. The number of amides is 1. The summed E-state index contributed by atoms with van der Waals surface area (Å²) in [7, 11) is 0. The average Bonchev–Trinajstić information content (AvgIpc) is 3.07. The lowest BCUT2D eigenvalue weighted by molar-refractivity contribution is -0.114. The van der Waals surface area contributed by atoms with Crippen molar-refractivity contribution >= 4 is 45.9 Å². The van der Waals surface area contributed by atoms with Gasteiger partial charge in [0.05, 0.1) is 6.20 Å². The Bertz CT molecular complexity index is 913. The van der Waals surface area contributed by atoms with E-state index in [0.717, 1.165) is 16.8 Å². The van der Waals surface area contributed by atoms with Crippen molar-refractivity contribution in [1.29, 1.82) is 0 Å². The van der Waals surface area contributed by atoms with Crippen LogP contribution in [0.3, 0.4) is 0 Å². The Morgan fingerprint density at radius 1 is 1.12 bits per heavy atom. The summed E-state index contributed by atoms with van der Waals surface area (Å²) >= 11 is 12.2. The molecule has 0 bridgehead atoms. The highest BCUT2D eigenvalue weighted by Gasteiger charge is 2.09. The van der Waals surface area contributed by atoms with Gasteiger partial charge in [-0.3, -0.25) is 4.79 Å². The lowest BCUT2D eigenvalue weighted by Crippen LogP contribution is -2.05. The Kier molecular flexibility index (Phi) is 5.22. The summed E-state index contributed by atoms with van der Waals surface area (Å²) in [5.41, 5.74) is 2.46. The molecular weight excluding hydrogens is 359 g/mol. The highest BCUT2D eigenvalue weighted by Crippen LogP contribution is 2.28. The maximum Gasteiger partial charge on any atom is 0.238 e. The quantitative estimate of drug-likeness (QED) is 0.639. The van der Waals surface area contributed by atoms with Crippen molar-refractivity contribution in [3.8, 4) is 11.3 Å². The van der Waals surface area contributed by atoms with Crippen molar-refractivity contribution in [2.75, 3.05) is 5.32 Å². The van der Waals surface area contributed by atoms with Crippen LogP contribution in [0.25, 0.3) is 22.4 Å². The molecule has 1 amide bonds. The van der Waals surface area contributed by atoms with E-state index in [9.17, 15) is 4.79 Å². The molecule has 0 unspecified atom stereocenters. The summed E-state index contributed by atoms with van der Waals surface area (Å²) in [6, 6.07) is 14.6. The first-order valence-electron chi connectivity index (χ1n) is 7.48. The molecule has 0 saturated carbocycles. The normalized spacial score (nSPS) is 11.4. The lowest BCUT2D eigenvalue weighted by Gasteiger charge is -2.02. The van der Waals surface area contributed by atoms with Crippen LogP contribution in [-0.2, 0) is 4.79 Å². The Hall–Kier alpha value is -2.56. The number of oxazole rings is 1. The monoisotopic (exact) mass is 372 g/mol. The second kappa shape index (κ2) is 7.55. The molecule has 6 heteroatoms. The number of nitrogens with one attached hydrogen (secondary N) is 1. The zero-order chi connectivity index (χ0) is 17.8. The molecule has 1 N–H and O–H groups in total. The molecule has 0 aliphatic carbocycles. The van der Waals surface area contributed by atoms with E-state index in [1.54, 1.807) is 36.5 Å². The number of hydrogen-bond donors (Lipinski definition) is 1. The van der Waals surface area contributed by atoms with Crippen LogP contribution in [0.15, 0.2) is 59.1 Å². The van der Waals surface area contributed by atoms with E-state index in [-0.39, 0.29) is 5.91 Å². The zero-order valence-corrected chi connectivity index (χ0v) is 14.8. The maximum atomic E-state index is 11.0. The zero-order valence-electron chi connectivity index (χ0n) is 13.3. The second-order valence-electron chi connectivity index (χ2n) is 5.33. The summed E-state index contributed by atoms with van der Waals surface area (Å²) in [6.07, 6.45) is 3.37. The number of aromatic nitrogens is 1. The van der Waals surface area contributed by atoms with Gasteiger partial charge in [0, 0.05) is 23.2 Å². The standard InChI is InChI=1S/C19H14Cl2N2O2/c1-12(24)23-16-8-2-13(3-9-16)10-17(21)19-22-11-18(25-19)14-4-6-15(20)7-5-14/h2-11H,1H3,(H,23,24)/b17-10-. The van der Waals surface area contributed by atoms with Crippen LogP contribution < -0.4 is 5.32 Å². The van der Waals surface area contributed by atoms with Gasteiger partial charge in [-0.25, -0.2) is 4.98 Å². The Balaban J connectivity index is 1.78. The molecule has 3 rings (SSSR count). The van der Waals surface area contributed by atoms with Crippen LogP contribution >= 0.6 is 23.2 Å². The number of carbonyl (C=O) groups excluding carboxylic acids is 1. The minimum Gasteiger partial charge on any atom is -0.435 e. The third-order valence-electron chi connectivity index (χ3n) is 3.36. The molecule has 0 spiro atoms. The van der Waals surface area contributed by atoms with E-state index in [0.29, 0.717) is 21.7 Å². The molecule has 0 aliphatic heterocycles. The summed E-state index contributed by atoms with van der Waals surface area (Å²) in [4.78, 5) is 15.2. The SMILES string of the molecule is CC(=O)Nc1ccc(/C=C(\Cl)c2ncc(-c3ccc(Cl)cc3)o2)cc1. The summed E-state index contributed by atoms with van der Waals surface area (Å²) in [5, 5.41) is 3.75. The second-order valence-corrected chi connectivity index (χ2v) is 6.18. The van der Waals surface area contributed by atoms with Gasteiger partial charge in [0.15, 0.2) is 5.76 Å². The minimum atomic E-state index is -0.115. The Morgan fingerprint density at radius 2 is 1.80 bits per heavy atom. The minimum absolute atomic E-state index is 0.115.